The van der Waals surface area contributed by atoms with Gasteiger partial charge < -0.3 is 15.7 Å². The average molecular weight is 312 g/mol. The molecule has 0 spiro atoms. The molecule has 0 aliphatic heterocycles. The number of amides is 2. The van der Waals surface area contributed by atoms with Gasteiger partial charge in [0.2, 0.25) is 11.8 Å². The van der Waals surface area contributed by atoms with E-state index >= 15 is 0 Å². The molecule has 0 atom stereocenters. The van der Waals surface area contributed by atoms with Gasteiger partial charge in [0, 0.05) is 18.9 Å². The van der Waals surface area contributed by atoms with E-state index in [9.17, 15) is 19.5 Å². The van der Waals surface area contributed by atoms with Gasteiger partial charge >= 0.3 is 5.97 Å². The van der Waals surface area contributed by atoms with Gasteiger partial charge in [0.1, 0.15) is 5.54 Å². The molecule has 0 aromatic heterocycles. The van der Waals surface area contributed by atoms with Crippen LogP contribution in [0.5, 0.6) is 0 Å². The summed E-state index contributed by atoms with van der Waals surface area (Å²) in [5, 5.41) is 15.0. The number of carbonyl (C=O) groups is 3. The van der Waals surface area contributed by atoms with Crippen LogP contribution in [-0.4, -0.2) is 34.5 Å². The molecule has 1 aliphatic carbocycles. The van der Waals surface area contributed by atoms with Crippen molar-refractivity contribution in [3.8, 4) is 0 Å². The summed E-state index contributed by atoms with van der Waals surface area (Å²) in [4.78, 5) is 35.1. The van der Waals surface area contributed by atoms with Crippen molar-refractivity contribution in [2.75, 3.05) is 0 Å². The summed E-state index contributed by atoms with van der Waals surface area (Å²) >= 11 is 0. The third-order valence-corrected chi connectivity index (χ3v) is 4.00. The number of hydrogen-bond donors (Lipinski definition) is 3. The Hall–Kier alpha value is -1.59. The Morgan fingerprint density at radius 1 is 1.00 bits per heavy atom. The first-order valence-electron chi connectivity index (χ1n) is 8.19. The molecule has 0 radical (unpaired) electrons. The molecule has 0 heterocycles. The van der Waals surface area contributed by atoms with Crippen molar-refractivity contribution in [1.29, 1.82) is 0 Å². The molecule has 3 N–H and O–H groups in total. The van der Waals surface area contributed by atoms with E-state index in [2.05, 4.69) is 10.6 Å². The third-order valence-electron chi connectivity index (χ3n) is 4.00. The van der Waals surface area contributed by atoms with Gasteiger partial charge in [-0.3, -0.25) is 9.59 Å². The van der Waals surface area contributed by atoms with E-state index in [1.807, 2.05) is 13.8 Å². The number of nitrogens with one attached hydrogen (secondary N) is 2. The van der Waals surface area contributed by atoms with Crippen molar-refractivity contribution in [2.24, 2.45) is 0 Å². The van der Waals surface area contributed by atoms with Crippen LogP contribution in [0.15, 0.2) is 0 Å². The minimum atomic E-state index is -1.12. The average Bonchev–Trinajstić information content (AvgIpc) is 2.64. The highest BCUT2D eigenvalue weighted by Gasteiger charge is 2.39. The fraction of sp³-hybridized carbons (Fsp3) is 0.812. The van der Waals surface area contributed by atoms with Crippen molar-refractivity contribution in [1.82, 2.24) is 10.6 Å². The Labute approximate surface area is 132 Å². The SMILES string of the molecule is CC(C)NC(=O)CCCC(=O)NC1(C(=O)O)CCCCCC1. The Morgan fingerprint density at radius 3 is 2.05 bits per heavy atom. The highest BCUT2D eigenvalue weighted by atomic mass is 16.4. The third kappa shape index (κ3) is 6.03. The predicted octanol–water partition coefficient (Wildman–Crippen LogP) is 1.98. The molecule has 0 aromatic carbocycles. The lowest BCUT2D eigenvalue weighted by molar-refractivity contribution is -0.148. The molecule has 6 nitrogen and oxygen atoms in total. The topological polar surface area (TPSA) is 95.5 Å². The quantitative estimate of drug-likeness (QED) is 0.626. The van der Waals surface area contributed by atoms with Crippen LogP contribution in [0.2, 0.25) is 0 Å². The summed E-state index contributed by atoms with van der Waals surface area (Å²) in [6.07, 6.45) is 5.55. The Bertz CT molecular complexity index is 399. The second-order valence-corrected chi connectivity index (χ2v) is 6.43. The predicted molar refractivity (Wildman–Crippen MR) is 83.3 cm³/mol. The summed E-state index contributed by atoms with van der Waals surface area (Å²) in [6, 6.07) is 0.0857. The first-order chi connectivity index (χ1) is 10.4. The van der Waals surface area contributed by atoms with Crippen molar-refractivity contribution in [3.63, 3.8) is 0 Å². The van der Waals surface area contributed by atoms with Crippen LogP contribution in [0.25, 0.3) is 0 Å². The number of carboxylic acids is 1. The number of carbonyl (C=O) groups excluding carboxylic acids is 2. The van der Waals surface area contributed by atoms with E-state index < -0.39 is 11.5 Å². The van der Waals surface area contributed by atoms with Crippen molar-refractivity contribution >= 4 is 17.8 Å². The van der Waals surface area contributed by atoms with Crippen LogP contribution in [0.3, 0.4) is 0 Å². The second-order valence-electron chi connectivity index (χ2n) is 6.43. The molecule has 1 aliphatic rings. The minimum Gasteiger partial charge on any atom is -0.480 e. The lowest BCUT2D eigenvalue weighted by Crippen LogP contribution is -2.54. The van der Waals surface area contributed by atoms with Gasteiger partial charge in [-0.2, -0.15) is 0 Å². The minimum absolute atomic E-state index is 0.0785. The van der Waals surface area contributed by atoms with E-state index in [4.69, 9.17) is 0 Å². The first kappa shape index (κ1) is 18.5. The Balaban J connectivity index is 2.44. The molecule has 1 fully saturated rings. The highest BCUT2D eigenvalue weighted by Crippen LogP contribution is 2.27. The molecule has 1 rings (SSSR count). The molecule has 6 heteroatoms. The van der Waals surface area contributed by atoms with Crippen LogP contribution < -0.4 is 10.6 Å². The van der Waals surface area contributed by atoms with Crippen LogP contribution in [0, 0.1) is 0 Å². The molecule has 0 unspecified atom stereocenters. The number of aliphatic carboxylic acids is 1. The number of carboxylic acid groups (broad SMARTS) is 1. The molecule has 1 saturated carbocycles. The molecule has 22 heavy (non-hydrogen) atoms. The summed E-state index contributed by atoms with van der Waals surface area (Å²) in [6.45, 7) is 3.76. The largest absolute Gasteiger partial charge is 0.480 e. The van der Waals surface area contributed by atoms with Crippen molar-refractivity contribution in [2.45, 2.75) is 83.2 Å². The molecule has 0 aromatic rings. The van der Waals surface area contributed by atoms with Gasteiger partial charge in [-0.1, -0.05) is 25.7 Å². The molecule has 0 saturated heterocycles. The van der Waals surface area contributed by atoms with Crippen LogP contribution in [0.4, 0.5) is 0 Å². The van der Waals surface area contributed by atoms with Gasteiger partial charge in [0.15, 0.2) is 0 Å². The molecule has 126 valence electrons. The maximum atomic E-state index is 12.0. The smallest absolute Gasteiger partial charge is 0.329 e. The van der Waals surface area contributed by atoms with Crippen LogP contribution in [-0.2, 0) is 14.4 Å². The molecule has 0 bridgehead atoms. The second kappa shape index (κ2) is 8.76. The fourth-order valence-corrected chi connectivity index (χ4v) is 2.86. The molecular weight excluding hydrogens is 284 g/mol. The zero-order valence-corrected chi connectivity index (χ0v) is 13.6. The standard InChI is InChI=1S/C16H28N2O4/c1-12(2)17-13(19)8-7-9-14(20)18-16(15(21)22)10-5-3-4-6-11-16/h12H,3-11H2,1-2H3,(H,17,19)(H,18,20)(H,21,22). The maximum Gasteiger partial charge on any atom is 0.329 e. The summed E-state index contributed by atoms with van der Waals surface area (Å²) in [5.74, 6) is -1.30. The molecular formula is C16H28N2O4. The number of hydrogen-bond acceptors (Lipinski definition) is 3. The number of rotatable bonds is 7. The summed E-state index contributed by atoms with van der Waals surface area (Å²) in [7, 11) is 0. The molecule has 2 amide bonds. The van der Waals surface area contributed by atoms with Crippen molar-refractivity contribution in [3.05, 3.63) is 0 Å². The normalized spacial score (nSPS) is 17.6. The van der Waals surface area contributed by atoms with Gasteiger partial charge in [-0.05, 0) is 33.1 Å². The van der Waals surface area contributed by atoms with Crippen LogP contribution in [0.1, 0.15) is 71.6 Å². The summed E-state index contributed by atoms with van der Waals surface area (Å²) < 4.78 is 0. The maximum absolute atomic E-state index is 12.0. The lowest BCUT2D eigenvalue weighted by Gasteiger charge is -2.29. The first-order valence-corrected chi connectivity index (χ1v) is 8.19. The van der Waals surface area contributed by atoms with Crippen LogP contribution >= 0.6 is 0 Å². The van der Waals surface area contributed by atoms with E-state index in [1.54, 1.807) is 0 Å². The Kier molecular flexibility index (Phi) is 7.35. The zero-order valence-electron chi connectivity index (χ0n) is 13.6. The van der Waals surface area contributed by atoms with Crippen molar-refractivity contribution < 1.29 is 19.5 Å². The van der Waals surface area contributed by atoms with E-state index in [1.165, 1.54) is 0 Å². The lowest BCUT2D eigenvalue weighted by atomic mass is 9.90. The summed E-state index contributed by atoms with van der Waals surface area (Å²) in [5.41, 5.74) is -1.12. The Morgan fingerprint density at radius 2 is 1.55 bits per heavy atom. The zero-order chi connectivity index (χ0) is 16.6. The van der Waals surface area contributed by atoms with Gasteiger partial charge in [-0.15, -0.1) is 0 Å². The van der Waals surface area contributed by atoms with E-state index in [0.29, 0.717) is 19.3 Å². The van der Waals surface area contributed by atoms with Gasteiger partial charge in [0.25, 0.3) is 0 Å². The highest BCUT2D eigenvalue weighted by molar-refractivity contribution is 5.87. The fourth-order valence-electron chi connectivity index (χ4n) is 2.86. The van der Waals surface area contributed by atoms with Gasteiger partial charge in [-0.25, -0.2) is 4.79 Å². The van der Waals surface area contributed by atoms with Gasteiger partial charge in [0.05, 0.1) is 0 Å². The van der Waals surface area contributed by atoms with E-state index in [-0.39, 0.29) is 30.7 Å². The van der Waals surface area contributed by atoms with E-state index in [0.717, 1.165) is 25.7 Å². The monoisotopic (exact) mass is 312 g/mol.